The fraction of sp³-hybridized carbons (Fsp3) is 0.471. The highest BCUT2D eigenvalue weighted by Gasteiger charge is 2.18. The highest BCUT2D eigenvalue weighted by atomic mass is 16.3. The van der Waals surface area contributed by atoms with Gasteiger partial charge in [0.1, 0.15) is 5.82 Å². The molecule has 0 aliphatic carbocycles. The molecule has 2 rings (SSSR count). The molecule has 0 amide bonds. The molecule has 0 saturated carbocycles. The number of rotatable bonds is 5. The number of nitrogens with one attached hydrogen (secondary N) is 1. The molecule has 0 aliphatic rings. The maximum absolute atomic E-state index is 5.13. The summed E-state index contributed by atoms with van der Waals surface area (Å²) in [7, 11) is 4.02. The molecular formula is C17H25N3O. The van der Waals surface area contributed by atoms with E-state index in [1.54, 1.807) is 12.5 Å². The van der Waals surface area contributed by atoms with E-state index in [0.29, 0.717) is 0 Å². The van der Waals surface area contributed by atoms with Gasteiger partial charge in [0, 0.05) is 36.8 Å². The first-order chi connectivity index (χ1) is 9.90. The summed E-state index contributed by atoms with van der Waals surface area (Å²) in [6.07, 6.45) is 3.48. The van der Waals surface area contributed by atoms with Crippen LogP contribution in [-0.4, -0.2) is 19.1 Å². The monoisotopic (exact) mass is 287 g/mol. The maximum Gasteiger partial charge on any atom is 0.129 e. The van der Waals surface area contributed by atoms with Crippen LogP contribution in [0.5, 0.6) is 0 Å². The molecule has 0 spiro atoms. The molecule has 2 aromatic heterocycles. The summed E-state index contributed by atoms with van der Waals surface area (Å²) < 4.78 is 5.13. The van der Waals surface area contributed by atoms with E-state index in [-0.39, 0.29) is 5.41 Å². The predicted octanol–water partition coefficient (Wildman–Crippen LogP) is 3.33. The number of furan rings is 1. The van der Waals surface area contributed by atoms with Crippen LogP contribution < -0.4 is 10.2 Å². The molecule has 0 aromatic carbocycles. The lowest BCUT2D eigenvalue weighted by Crippen LogP contribution is -2.22. The Labute approximate surface area is 127 Å². The first kappa shape index (κ1) is 15.6. The second kappa shape index (κ2) is 6.31. The summed E-state index contributed by atoms with van der Waals surface area (Å²) in [4.78, 5) is 6.99. The molecule has 0 aliphatic heterocycles. The second-order valence-electron chi connectivity index (χ2n) is 6.49. The predicted molar refractivity (Wildman–Crippen MR) is 86.5 cm³/mol. The fourth-order valence-corrected chi connectivity index (χ4v) is 2.19. The SMILES string of the molecule is CNCc1cc(N(C)Cc2ccoc2)nc(C(C)(C)C)c1. The second-order valence-corrected chi connectivity index (χ2v) is 6.49. The molecule has 0 unspecified atom stereocenters. The fourth-order valence-electron chi connectivity index (χ4n) is 2.19. The topological polar surface area (TPSA) is 41.3 Å². The third-order valence-corrected chi connectivity index (χ3v) is 3.41. The van der Waals surface area contributed by atoms with E-state index in [2.05, 4.69) is 50.2 Å². The van der Waals surface area contributed by atoms with Crippen molar-refractivity contribution in [3.8, 4) is 0 Å². The minimum Gasteiger partial charge on any atom is -0.472 e. The normalized spacial score (nSPS) is 11.7. The van der Waals surface area contributed by atoms with Gasteiger partial charge < -0.3 is 14.6 Å². The van der Waals surface area contributed by atoms with Crippen LogP contribution in [0.2, 0.25) is 0 Å². The van der Waals surface area contributed by atoms with E-state index in [0.717, 1.165) is 30.2 Å². The number of nitrogens with zero attached hydrogens (tertiary/aromatic N) is 2. The van der Waals surface area contributed by atoms with Crippen LogP contribution in [0.1, 0.15) is 37.6 Å². The number of hydrogen-bond acceptors (Lipinski definition) is 4. The zero-order valence-electron chi connectivity index (χ0n) is 13.6. The number of aromatic nitrogens is 1. The maximum atomic E-state index is 5.13. The molecule has 4 nitrogen and oxygen atoms in total. The van der Waals surface area contributed by atoms with E-state index < -0.39 is 0 Å². The molecule has 4 heteroatoms. The zero-order valence-corrected chi connectivity index (χ0v) is 13.6. The minimum atomic E-state index is 0.0367. The zero-order chi connectivity index (χ0) is 15.5. The van der Waals surface area contributed by atoms with Crippen LogP contribution >= 0.6 is 0 Å². The van der Waals surface area contributed by atoms with Crippen molar-refractivity contribution in [3.63, 3.8) is 0 Å². The van der Waals surface area contributed by atoms with E-state index in [1.807, 2.05) is 13.1 Å². The summed E-state index contributed by atoms with van der Waals surface area (Å²) in [5, 5.41) is 3.21. The van der Waals surface area contributed by atoms with E-state index in [4.69, 9.17) is 9.40 Å². The Bertz CT molecular complexity index is 570. The number of pyridine rings is 1. The summed E-state index contributed by atoms with van der Waals surface area (Å²) in [5.41, 5.74) is 3.56. The van der Waals surface area contributed by atoms with Crippen molar-refractivity contribution in [1.29, 1.82) is 0 Å². The Hall–Kier alpha value is -1.81. The molecule has 0 fully saturated rings. The molecule has 114 valence electrons. The van der Waals surface area contributed by atoms with Gasteiger partial charge in [-0.1, -0.05) is 20.8 Å². The van der Waals surface area contributed by atoms with Crippen LogP contribution in [0.4, 0.5) is 5.82 Å². The van der Waals surface area contributed by atoms with E-state index >= 15 is 0 Å². The molecule has 1 N–H and O–H groups in total. The van der Waals surface area contributed by atoms with Crippen LogP contribution in [0.25, 0.3) is 0 Å². The van der Waals surface area contributed by atoms with Gasteiger partial charge in [0.2, 0.25) is 0 Å². The van der Waals surface area contributed by atoms with Crippen molar-refractivity contribution in [3.05, 3.63) is 47.5 Å². The molecular weight excluding hydrogens is 262 g/mol. The molecule has 0 bridgehead atoms. The lowest BCUT2D eigenvalue weighted by Gasteiger charge is -2.24. The molecule has 0 radical (unpaired) electrons. The average Bonchev–Trinajstić information content (AvgIpc) is 2.90. The summed E-state index contributed by atoms with van der Waals surface area (Å²) >= 11 is 0. The van der Waals surface area contributed by atoms with Gasteiger partial charge in [0.15, 0.2) is 0 Å². The Kier molecular flexibility index (Phi) is 4.68. The quantitative estimate of drug-likeness (QED) is 0.916. The summed E-state index contributed by atoms with van der Waals surface area (Å²) in [6, 6.07) is 6.32. The van der Waals surface area contributed by atoms with E-state index in [1.165, 1.54) is 5.56 Å². The van der Waals surface area contributed by atoms with Crippen molar-refractivity contribution in [2.24, 2.45) is 0 Å². The van der Waals surface area contributed by atoms with Crippen LogP contribution in [0.15, 0.2) is 35.1 Å². The van der Waals surface area contributed by atoms with Gasteiger partial charge in [0.25, 0.3) is 0 Å². The first-order valence-electron chi connectivity index (χ1n) is 7.28. The number of hydrogen-bond donors (Lipinski definition) is 1. The standard InChI is InChI=1S/C17H25N3O/c1-17(2,3)15-8-14(10-18-4)9-16(19-15)20(5)11-13-6-7-21-12-13/h6-9,12,18H,10-11H2,1-5H3. The molecule has 0 saturated heterocycles. The van der Waals surface area contributed by atoms with Gasteiger partial charge in [-0.05, 0) is 30.8 Å². The summed E-state index contributed by atoms with van der Waals surface area (Å²) in [5.74, 6) is 0.994. The molecule has 0 atom stereocenters. The summed E-state index contributed by atoms with van der Waals surface area (Å²) in [6.45, 7) is 8.21. The van der Waals surface area contributed by atoms with E-state index in [9.17, 15) is 0 Å². The van der Waals surface area contributed by atoms with Crippen LogP contribution in [-0.2, 0) is 18.5 Å². The highest BCUT2D eigenvalue weighted by Crippen LogP contribution is 2.25. The van der Waals surface area contributed by atoms with Gasteiger partial charge in [-0.25, -0.2) is 4.98 Å². The Morgan fingerprint density at radius 2 is 2.00 bits per heavy atom. The van der Waals surface area contributed by atoms with Crippen molar-refractivity contribution < 1.29 is 4.42 Å². The molecule has 2 heterocycles. The van der Waals surface area contributed by atoms with Crippen molar-refractivity contribution in [2.45, 2.75) is 39.3 Å². The van der Waals surface area contributed by atoms with Crippen LogP contribution in [0.3, 0.4) is 0 Å². The van der Waals surface area contributed by atoms with Gasteiger partial charge in [-0.15, -0.1) is 0 Å². The Morgan fingerprint density at radius 1 is 1.24 bits per heavy atom. The minimum absolute atomic E-state index is 0.0367. The molecule has 21 heavy (non-hydrogen) atoms. The van der Waals surface area contributed by atoms with Crippen molar-refractivity contribution >= 4 is 5.82 Å². The lowest BCUT2D eigenvalue weighted by molar-refractivity contribution is 0.562. The molecule has 2 aromatic rings. The third-order valence-electron chi connectivity index (χ3n) is 3.41. The van der Waals surface area contributed by atoms with Gasteiger partial charge in [-0.2, -0.15) is 0 Å². The van der Waals surface area contributed by atoms with Gasteiger partial charge in [-0.3, -0.25) is 0 Å². The van der Waals surface area contributed by atoms with Crippen LogP contribution in [0, 0.1) is 0 Å². The van der Waals surface area contributed by atoms with Gasteiger partial charge in [0.05, 0.1) is 12.5 Å². The number of anilines is 1. The van der Waals surface area contributed by atoms with Crippen molar-refractivity contribution in [2.75, 3.05) is 19.0 Å². The highest BCUT2D eigenvalue weighted by molar-refractivity contribution is 5.43. The van der Waals surface area contributed by atoms with Crippen molar-refractivity contribution in [1.82, 2.24) is 10.3 Å². The first-order valence-corrected chi connectivity index (χ1v) is 7.28. The Morgan fingerprint density at radius 3 is 2.57 bits per heavy atom. The average molecular weight is 287 g/mol. The third kappa shape index (κ3) is 4.08. The Balaban J connectivity index is 2.30. The lowest BCUT2D eigenvalue weighted by atomic mass is 9.90. The van der Waals surface area contributed by atoms with Gasteiger partial charge >= 0.3 is 0 Å². The largest absolute Gasteiger partial charge is 0.472 e. The smallest absolute Gasteiger partial charge is 0.129 e.